The molecule has 0 bridgehead atoms. The molecule has 1 aromatic carbocycles. The Bertz CT molecular complexity index is 770. The van der Waals surface area contributed by atoms with E-state index in [0.29, 0.717) is 18.5 Å². The third-order valence-corrected chi connectivity index (χ3v) is 4.72. The van der Waals surface area contributed by atoms with Crippen molar-refractivity contribution in [2.45, 2.75) is 38.4 Å². The first-order valence-electron chi connectivity index (χ1n) is 9.24. The highest BCUT2D eigenvalue weighted by molar-refractivity contribution is 5.92. The fraction of sp³-hybridized carbons (Fsp3) is 0.526. The topological polar surface area (TPSA) is 90.3 Å². The summed E-state index contributed by atoms with van der Waals surface area (Å²) in [7, 11) is 3.41. The summed E-state index contributed by atoms with van der Waals surface area (Å²) in [5, 5.41) is 10.6. The zero-order valence-electron chi connectivity index (χ0n) is 16.1. The number of nitrogens with one attached hydrogen (secondary N) is 2. The lowest BCUT2D eigenvalue weighted by atomic mass is 9.98. The second-order valence-electron chi connectivity index (χ2n) is 6.74. The molecule has 0 spiro atoms. The van der Waals surface area contributed by atoms with Crippen LogP contribution in [0.25, 0.3) is 0 Å². The van der Waals surface area contributed by atoms with Crippen molar-refractivity contribution in [1.82, 2.24) is 20.1 Å². The molecule has 1 aliphatic heterocycles. The molecule has 2 heterocycles. The molecule has 2 aromatic rings. The Morgan fingerprint density at radius 3 is 2.93 bits per heavy atom. The molecule has 1 atom stereocenters. The number of anilines is 1. The van der Waals surface area contributed by atoms with Crippen molar-refractivity contribution in [3.63, 3.8) is 0 Å². The maximum atomic E-state index is 12.4. The molecular formula is C19H27N5O3. The third kappa shape index (κ3) is 5.05. The van der Waals surface area contributed by atoms with Gasteiger partial charge in [-0.1, -0.05) is 12.1 Å². The predicted octanol–water partition coefficient (Wildman–Crippen LogP) is 1.83. The first-order chi connectivity index (χ1) is 13.1. The van der Waals surface area contributed by atoms with Crippen LogP contribution >= 0.6 is 0 Å². The Labute approximate surface area is 159 Å². The fourth-order valence-electron chi connectivity index (χ4n) is 3.04. The standard InChI is InChI=1S/C19H27N5O3/c1-13(27-12-14-5-4-6-16(11-14)26-3)18(25)22-19-21-17(23-24(19)2)15-7-9-20-10-8-15/h4-6,11,13,15,20H,7-10,12H2,1-3H3,(H,21,22,23,25). The minimum atomic E-state index is -0.616. The number of nitrogens with zero attached hydrogens (tertiary/aromatic N) is 3. The van der Waals surface area contributed by atoms with E-state index in [2.05, 4.69) is 20.7 Å². The number of benzene rings is 1. The SMILES string of the molecule is COc1cccc(COC(C)C(=O)Nc2nc(C3CCNCC3)nn2C)c1. The van der Waals surface area contributed by atoms with E-state index in [0.717, 1.165) is 43.1 Å². The van der Waals surface area contributed by atoms with Gasteiger partial charge >= 0.3 is 0 Å². The zero-order valence-corrected chi connectivity index (χ0v) is 16.1. The summed E-state index contributed by atoms with van der Waals surface area (Å²) in [5.74, 6) is 2.09. The molecule has 0 saturated carbocycles. The van der Waals surface area contributed by atoms with Gasteiger partial charge in [0.15, 0.2) is 5.82 Å². The van der Waals surface area contributed by atoms with Crippen LogP contribution in [-0.2, 0) is 23.2 Å². The second kappa shape index (κ2) is 8.96. The van der Waals surface area contributed by atoms with Crippen LogP contribution in [0.15, 0.2) is 24.3 Å². The van der Waals surface area contributed by atoms with Gasteiger partial charge in [0.05, 0.1) is 13.7 Å². The monoisotopic (exact) mass is 373 g/mol. The van der Waals surface area contributed by atoms with E-state index in [1.807, 2.05) is 24.3 Å². The van der Waals surface area contributed by atoms with Crippen LogP contribution in [0.1, 0.15) is 37.1 Å². The second-order valence-corrected chi connectivity index (χ2v) is 6.74. The highest BCUT2D eigenvalue weighted by Crippen LogP contribution is 2.23. The van der Waals surface area contributed by atoms with E-state index in [1.54, 1.807) is 25.8 Å². The quantitative estimate of drug-likeness (QED) is 0.770. The molecule has 146 valence electrons. The van der Waals surface area contributed by atoms with Gasteiger partial charge in [0, 0.05) is 13.0 Å². The number of piperidine rings is 1. The van der Waals surface area contributed by atoms with Crippen LogP contribution in [-0.4, -0.2) is 47.0 Å². The zero-order chi connectivity index (χ0) is 19.2. The van der Waals surface area contributed by atoms with Crippen molar-refractivity contribution in [1.29, 1.82) is 0 Å². The Balaban J connectivity index is 1.55. The smallest absolute Gasteiger partial charge is 0.255 e. The molecule has 1 fully saturated rings. The highest BCUT2D eigenvalue weighted by atomic mass is 16.5. The minimum absolute atomic E-state index is 0.245. The van der Waals surface area contributed by atoms with Crippen LogP contribution in [0.3, 0.4) is 0 Å². The van der Waals surface area contributed by atoms with Gasteiger partial charge in [-0.15, -0.1) is 0 Å². The van der Waals surface area contributed by atoms with Crippen molar-refractivity contribution >= 4 is 11.9 Å². The van der Waals surface area contributed by atoms with Crippen molar-refractivity contribution < 1.29 is 14.3 Å². The molecule has 0 aliphatic carbocycles. The van der Waals surface area contributed by atoms with E-state index in [1.165, 1.54) is 0 Å². The van der Waals surface area contributed by atoms with Gasteiger partial charge in [0.1, 0.15) is 11.9 Å². The molecule has 1 amide bonds. The van der Waals surface area contributed by atoms with Crippen molar-refractivity contribution in [2.24, 2.45) is 7.05 Å². The van der Waals surface area contributed by atoms with Crippen LogP contribution in [0.4, 0.5) is 5.95 Å². The lowest BCUT2D eigenvalue weighted by molar-refractivity contribution is -0.127. The van der Waals surface area contributed by atoms with Gasteiger partial charge < -0.3 is 14.8 Å². The number of hydrogen-bond acceptors (Lipinski definition) is 6. The summed E-state index contributed by atoms with van der Waals surface area (Å²) < 4.78 is 12.5. The Kier molecular flexibility index (Phi) is 6.41. The van der Waals surface area contributed by atoms with Crippen LogP contribution < -0.4 is 15.4 Å². The molecular weight excluding hydrogens is 346 g/mol. The van der Waals surface area contributed by atoms with Crippen molar-refractivity contribution in [3.05, 3.63) is 35.7 Å². The molecule has 3 rings (SSSR count). The number of carbonyl (C=O) groups is 1. The first-order valence-corrected chi connectivity index (χ1v) is 9.24. The number of aromatic nitrogens is 3. The Morgan fingerprint density at radius 1 is 1.41 bits per heavy atom. The van der Waals surface area contributed by atoms with Gasteiger partial charge in [0.25, 0.3) is 5.91 Å². The van der Waals surface area contributed by atoms with Crippen LogP contribution in [0.2, 0.25) is 0 Å². The van der Waals surface area contributed by atoms with Crippen LogP contribution in [0.5, 0.6) is 5.75 Å². The van der Waals surface area contributed by atoms with E-state index in [4.69, 9.17) is 9.47 Å². The summed E-state index contributed by atoms with van der Waals surface area (Å²) in [4.78, 5) is 17.0. The van der Waals surface area contributed by atoms with Crippen LogP contribution in [0, 0.1) is 0 Å². The Hall–Kier alpha value is -2.45. The van der Waals surface area contributed by atoms with E-state index in [-0.39, 0.29) is 5.91 Å². The maximum absolute atomic E-state index is 12.4. The molecule has 8 nitrogen and oxygen atoms in total. The highest BCUT2D eigenvalue weighted by Gasteiger charge is 2.22. The summed E-state index contributed by atoms with van der Waals surface area (Å²) in [6.45, 7) is 3.99. The van der Waals surface area contributed by atoms with Crippen molar-refractivity contribution in [3.8, 4) is 5.75 Å². The molecule has 27 heavy (non-hydrogen) atoms. The van der Waals surface area contributed by atoms with E-state index < -0.39 is 6.10 Å². The van der Waals surface area contributed by atoms with E-state index >= 15 is 0 Å². The number of hydrogen-bond donors (Lipinski definition) is 2. The molecule has 0 radical (unpaired) electrons. The molecule has 1 aromatic heterocycles. The number of methoxy groups -OCH3 is 1. The van der Waals surface area contributed by atoms with Gasteiger partial charge in [-0.25, -0.2) is 4.68 Å². The summed E-state index contributed by atoms with van der Waals surface area (Å²) >= 11 is 0. The molecule has 2 N–H and O–H groups in total. The first kappa shape index (κ1) is 19.3. The molecule has 1 aliphatic rings. The normalized spacial score (nSPS) is 16.1. The summed E-state index contributed by atoms with van der Waals surface area (Å²) in [5.41, 5.74) is 0.945. The van der Waals surface area contributed by atoms with E-state index in [9.17, 15) is 4.79 Å². The number of aryl methyl sites for hydroxylation is 1. The largest absolute Gasteiger partial charge is 0.497 e. The van der Waals surface area contributed by atoms with Gasteiger partial charge in [-0.05, 0) is 50.6 Å². The fourth-order valence-corrected chi connectivity index (χ4v) is 3.04. The molecule has 1 saturated heterocycles. The minimum Gasteiger partial charge on any atom is -0.497 e. The summed E-state index contributed by atoms with van der Waals surface area (Å²) in [6.07, 6.45) is 1.41. The maximum Gasteiger partial charge on any atom is 0.255 e. The Morgan fingerprint density at radius 2 is 2.19 bits per heavy atom. The van der Waals surface area contributed by atoms with Gasteiger partial charge in [-0.3, -0.25) is 10.1 Å². The average Bonchev–Trinajstić information content (AvgIpc) is 3.07. The number of rotatable bonds is 7. The van der Waals surface area contributed by atoms with Gasteiger partial charge in [0.2, 0.25) is 5.95 Å². The van der Waals surface area contributed by atoms with Gasteiger partial charge in [-0.2, -0.15) is 10.1 Å². The lowest BCUT2D eigenvalue weighted by Crippen LogP contribution is -2.29. The number of ether oxygens (including phenoxy) is 2. The summed E-state index contributed by atoms with van der Waals surface area (Å²) in [6, 6.07) is 7.58. The van der Waals surface area contributed by atoms with Crippen molar-refractivity contribution in [2.75, 3.05) is 25.5 Å². The molecule has 8 heteroatoms. The number of amides is 1. The molecule has 1 unspecified atom stereocenters. The third-order valence-electron chi connectivity index (χ3n) is 4.72. The number of carbonyl (C=O) groups excluding carboxylic acids is 1. The lowest BCUT2D eigenvalue weighted by Gasteiger charge is -2.19. The predicted molar refractivity (Wildman–Crippen MR) is 102 cm³/mol. The average molecular weight is 373 g/mol.